The number of H-pyrrole nitrogens is 1. The van der Waals surface area contributed by atoms with Gasteiger partial charge in [-0.3, -0.25) is 4.79 Å². The third-order valence-corrected chi connectivity index (χ3v) is 11.7. The van der Waals surface area contributed by atoms with Crippen LogP contribution in [0.2, 0.25) is 0 Å². The molecule has 0 aliphatic carbocycles. The Morgan fingerprint density at radius 3 is 1.50 bits per heavy atom. The number of methoxy groups -OCH3 is 1. The largest absolute Gasteiger partial charge is 0.469 e. The van der Waals surface area contributed by atoms with Gasteiger partial charge in [0.15, 0.2) is 0 Å². The number of benzene rings is 3. The number of hydrogen-bond acceptors (Lipinski definition) is 6. The number of carbonyl (C=O) groups is 3. The molecule has 1 aromatic heterocycles. The van der Waals surface area contributed by atoms with E-state index in [-0.39, 0.29) is 18.5 Å². The van der Waals surface area contributed by atoms with E-state index in [1.807, 2.05) is 119 Å². The van der Waals surface area contributed by atoms with Crippen LogP contribution in [0.3, 0.4) is 0 Å². The van der Waals surface area contributed by atoms with E-state index in [0.29, 0.717) is 22.1 Å². The summed E-state index contributed by atoms with van der Waals surface area (Å²) in [5.74, 6) is -1.49. The molecule has 1 N–H and O–H groups in total. The minimum absolute atomic E-state index is 0.0442. The molecule has 46 heavy (non-hydrogen) atoms. The van der Waals surface area contributed by atoms with Crippen molar-refractivity contribution in [2.75, 3.05) is 7.11 Å². The molecule has 0 saturated carbocycles. The smallest absolute Gasteiger partial charge is 0.355 e. The third kappa shape index (κ3) is 7.54. The van der Waals surface area contributed by atoms with Crippen LogP contribution in [0.4, 0.5) is 0 Å². The minimum atomic E-state index is -3.01. The molecule has 0 saturated heterocycles. The summed E-state index contributed by atoms with van der Waals surface area (Å²) in [6.45, 7) is 9.76. The lowest BCUT2D eigenvalue weighted by molar-refractivity contribution is -0.146. The van der Waals surface area contributed by atoms with Crippen molar-refractivity contribution in [2.45, 2.75) is 72.5 Å². The average Bonchev–Trinajstić information content (AvgIpc) is 3.33. The second-order valence-electron chi connectivity index (χ2n) is 13.1. The maximum absolute atomic E-state index is 14.9. The van der Waals surface area contributed by atoms with Gasteiger partial charge in [-0.05, 0) is 88.8 Å². The molecule has 8 heteroatoms. The first-order chi connectivity index (χ1) is 21.7. The summed E-state index contributed by atoms with van der Waals surface area (Å²) in [5.41, 5.74) is 0.326. The third-order valence-electron chi connectivity index (χ3n) is 7.38. The molecule has 0 unspecified atom stereocenters. The van der Waals surface area contributed by atoms with Crippen LogP contribution in [-0.2, 0) is 30.2 Å². The van der Waals surface area contributed by atoms with E-state index in [1.165, 1.54) is 7.11 Å². The predicted molar refractivity (Wildman–Crippen MR) is 186 cm³/mol. The van der Waals surface area contributed by atoms with Gasteiger partial charge in [-0.1, -0.05) is 91.0 Å². The van der Waals surface area contributed by atoms with Crippen molar-refractivity contribution >= 4 is 46.0 Å². The van der Waals surface area contributed by atoms with E-state index in [4.69, 9.17) is 14.2 Å². The summed E-state index contributed by atoms with van der Waals surface area (Å²) in [4.78, 5) is 44.3. The van der Waals surface area contributed by atoms with Crippen molar-refractivity contribution in [3.63, 3.8) is 0 Å². The van der Waals surface area contributed by atoms with Crippen molar-refractivity contribution in [1.82, 2.24) is 4.98 Å². The number of nitrogens with one attached hydrogen (secondary N) is 1. The van der Waals surface area contributed by atoms with Gasteiger partial charge >= 0.3 is 17.9 Å². The molecule has 242 valence electrons. The Morgan fingerprint density at radius 2 is 1.11 bits per heavy atom. The van der Waals surface area contributed by atoms with Crippen LogP contribution < -0.4 is 15.9 Å². The summed E-state index contributed by atoms with van der Waals surface area (Å²) >= 11 is 0. The molecule has 1 heterocycles. The van der Waals surface area contributed by atoms with Crippen molar-refractivity contribution in [3.8, 4) is 0 Å². The number of aromatic amines is 1. The Labute approximate surface area is 272 Å². The van der Waals surface area contributed by atoms with Crippen molar-refractivity contribution in [2.24, 2.45) is 0 Å². The maximum Gasteiger partial charge on any atom is 0.355 e. The van der Waals surface area contributed by atoms with Gasteiger partial charge < -0.3 is 19.2 Å². The maximum atomic E-state index is 14.9. The molecule has 3 aromatic carbocycles. The molecule has 4 rings (SSSR count). The van der Waals surface area contributed by atoms with Gasteiger partial charge in [-0.2, -0.15) is 0 Å². The number of ether oxygens (including phenoxy) is 3. The van der Waals surface area contributed by atoms with Gasteiger partial charge in [-0.15, -0.1) is 0 Å². The zero-order valence-corrected chi connectivity index (χ0v) is 28.9. The van der Waals surface area contributed by atoms with Gasteiger partial charge in [0.05, 0.1) is 18.1 Å². The topological polar surface area (TPSA) is 94.7 Å². The fraction of sp³-hybridized carbons (Fsp3) is 0.316. The molecule has 0 radical (unpaired) electrons. The number of esters is 3. The van der Waals surface area contributed by atoms with E-state index in [0.717, 1.165) is 15.9 Å². The standard InChI is InChI=1S/C38H44NO6P/c1-26-30(24-25-31(40)43-8)33(35(41)44-37(2,3)4)39-32(26)34(36(42)45-38(5,6)7)46(27-18-12-9-13-19-27,28-20-14-10-15-21-28)29-22-16-11-17-23-29/h9-23,39H,24-25H2,1-8H3. The number of carbonyl (C=O) groups excluding carboxylic acids is 3. The molecule has 4 aromatic rings. The summed E-state index contributed by atoms with van der Waals surface area (Å²) in [5, 5.41) is 3.24. The Balaban J connectivity index is 2.27. The van der Waals surface area contributed by atoms with Crippen LogP contribution >= 0.6 is 6.89 Å². The predicted octanol–water partition coefficient (Wildman–Crippen LogP) is 6.24. The summed E-state index contributed by atoms with van der Waals surface area (Å²) in [6, 6.07) is 29.9. The van der Waals surface area contributed by atoms with E-state index in [1.54, 1.807) is 20.8 Å². The van der Waals surface area contributed by atoms with Crippen molar-refractivity contribution < 1.29 is 28.6 Å². The first-order valence-electron chi connectivity index (χ1n) is 15.4. The Morgan fingerprint density at radius 1 is 0.674 bits per heavy atom. The summed E-state index contributed by atoms with van der Waals surface area (Å²) in [7, 11) is 1.33. The highest BCUT2D eigenvalue weighted by Crippen LogP contribution is 2.48. The Bertz CT molecular complexity index is 1640. The molecule has 0 aliphatic rings. The lowest BCUT2D eigenvalue weighted by Crippen LogP contribution is -2.38. The number of rotatable bonds is 9. The fourth-order valence-corrected chi connectivity index (χ4v) is 9.94. The quantitative estimate of drug-likeness (QED) is 0.132. The van der Waals surface area contributed by atoms with Crippen LogP contribution in [0.5, 0.6) is 0 Å². The highest BCUT2D eigenvalue weighted by Gasteiger charge is 2.39. The highest BCUT2D eigenvalue weighted by atomic mass is 31.2. The van der Waals surface area contributed by atoms with Crippen LogP contribution in [0, 0.1) is 6.92 Å². The lowest BCUT2D eigenvalue weighted by atomic mass is 10.0. The van der Waals surface area contributed by atoms with Crippen molar-refractivity contribution in [3.05, 3.63) is 114 Å². The molecule has 7 nitrogen and oxygen atoms in total. The van der Waals surface area contributed by atoms with Gasteiger partial charge in [0.25, 0.3) is 0 Å². The van der Waals surface area contributed by atoms with Gasteiger partial charge in [0.1, 0.15) is 16.9 Å². The average molecular weight is 642 g/mol. The molecule has 0 bridgehead atoms. The van der Waals surface area contributed by atoms with Crippen molar-refractivity contribution in [1.29, 1.82) is 0 Å². The highest BCUT2D eigenvalue weighted by molar-refractivity contribution is 7.96. The zero-order chi connectivity index (χ0) is 33.7. The Kier molecular flexibility index (Phi) is 10.5. The zero-order valence-electron chi connectivity index (χ0n) is 28.0. The van der Waals surface area contributed by atoms with E-state index in [2.05, 4.69) is 4.98 Å². The Hall–Kier alpha value is -4.35. The normalized spacial score (nSPS) is 11.9. The molecule has 0 spiro atoms. The number of aromatic nitrogens is 1. The van der Waals surface area contributed by atoms with Crippen LogP contribution in [0.25, 0.3) is 0 Å². The molecular weight excluding hydrogens is 597 g/mol. The minimum Gasteiger partial charge on any atom is -0.469 e. The molecular formula is C38H44NO6P. The number of hydrogen-bond donors (Lipinski definition) is 1. The fourth-order valence-electron chi connectivity index (χ4n) is 5.54. The second-order valence-corrected chi connectivity index (χ2v) is 16.4. The lowest BCUT2D eigenvalue weighted by Gasteiger charge is -2.33. The van der Waals surface area contributed by atoms with E-state index in [9.17, 15) is 14.4 Å². The van der Waals surface area contributed by atoms with Crippen LogP contribution in [-0.4, -0.2) is 46.5 Å². The van der Waals surface area contributed by atoms with Gasteiger partial charge in [-0.25, -0.2) is 9.59 Å². The van der Waals surface area contributed by atoms with Gasteiger partial charge in [0.2, 0.25) is 0 Å². The summed E-state index contributed by atoms with van der Waals surface area (Å²) < 4.78 is 17.0. The molecule has 0 atom stereocenters. The molecule has 0 aliphatic heterocycles. The van der Waals surface area contributed by atoms with E-state index >= 15 is 0 Å². The van der Waals surface area contributed by atoms with E-state index < -0.39 is 36.0 Å². The monoisotopic (exact) mass is 641 g/mol. The first kappa shape index (κ1) is 34.5. The second kappa shape index (κ2) is 14.0. The van der Waals surface area contributed by atoms with Crippen LogP contribution in [0.1, 0.15) is 75.3 Å². The van der Waals surface area contributed by atoms with Gasteiger partial charge in [0, 0.05) is 6.42 Å². The first-order valence-corrected chi connectivity index (χ1v) is 17.2. The molecule has 0 amide bonds. The summed E-state index contributed by atoms with van der Waals surface area (Å²) in [6.07, 6.45) is 0.251. The SMILES string of the molecule is COC(=O)CCc1c(C(=O)OC(C)(C)C)[nH]c(C(C(=O)OC(C)(C)C)=P(c2ccccc2)(c2ccccc2)c2ccccc2)c1C. The molecule has 0 fully saturated rings. The van der Waals surface area contributed by atoms with Crippen LogP contribution in [0.15, 0.2) is 91.0 Å².